The SMILES string of the molecule is Cc1ccc2ncc(C(=O)NCCCOc3ccccc3)c(=O)n2c1. The molecular weight excluding hydrogens is 318 g/mol. The number of hydrogen-bond acceptors (Lipinski definition) is 4. The van der Waals surface area contributed by atoms with E-state index in [1.165, 1.54) is 10.6 Å². The van der Waals surface area contributed by atoms with Crippen molar-refractivity contribution in [1.82, 2.24) is 14.7 Å². The number of nitrogens with one attached hydrogen (secondary N) is 1. The lowest BCUT2D eigenvalue weighted by molar-refractivity contribution is 0.0949. The standard InChI is InChI=1S/C19H19N3O3/c1-14-8-9-17-21-12-16(19(24)22(17)13-14)18(23)20-10-5-11-25-15-6-3-2-4-7-15/h2-4,6-9,12-13H,5,10-11H2,1H3,(H,20,23). The van der Waals surface area contributed by atoms with Crippen LogP contribution in [0, 0.1) is 6.92 Å². The van der Waals surface area contributed by atoms with Crippen LogP contribution in [0.2, 0.25) is 0 Å². The largest absolute Gasteiger partial charge is 0.494 e. The van der Waals surface area contributed by atoms with Gasteiger partial charge in [0.25, 0.3) is 11.5 Å². The molecule has 0 aliphatic carbocycles. The number of carbonyl (C=O) groups excluding carboxylic acids is 1. The zero-order valence-electron chi connectivity index (χ0n) is 13.9. The summed E-state index contributed by atoms with van der Waals surface area (Å²) in [6, 6.07) is 13.1. The molecule has 0 atom stereocenters. The molecule has 0 aliphatic rings. The molecule has 128 valence electrons. The third kappa shape index (κ3) is 4.03. The summed E-state index contributed by atoms with van der Waals surface area (Å²) in [4.78, 5) is 28.8. The lowest BCUT2D eigenvalue weighted by Gasteiger charge is -2.08. The molecule has 6 heteroatoms. The van der Waals surface area contributed by atoms with E-state index in [0.29, 0.717) is 25.2 Å². The number of para-hydroxylation sites is 1. The summed E-state index contributed by atoms with van der Waals surface area (Å²) in [5, 5.41) is 2.73. The summed E-state index contributed by atoms with van der Waals surface area (Å²) in [5.41, 5.74) is 1.11. The van der Waals surface area contributed by atoms with Crippen LogP contribution in [0.25, 0.3) is 5.65 Å². The van der Waals surface area contributed by atoms with E-state index in [9.17, 15) is 9.59 Å². The van der Waals surface area contributed by atoms with Gasteiger partial charge in [0, 0.05) is 18.9 Å². The number of ether oxygens (including phenoxy) is 1. The van der Waals surface area contributed by atoms with Gasteiger partial charge in [0.05, 0.1) is 6.61 Å². The first-order chi connectivity index (χ1) is 12.1. The predicted octanol–water partition coefficient (Wildman–Crippen LogP) is 2.20. The number of benzene rings is 1. The van der Waals surface area contributed by atoms with Crippen LogP contribution in [0.3, 0.4) is 0 Å². The summed E-state index contributed by atoms with van der Waals surface area (Å²) in [6.45, 7) is 2.78. The van der Waals surface area contributed by atoms with E-state index in [2.05, 4.69) is 10.3 Å². The van der Waals surface area contributed by atoms with Gasteiger partial charge in [-0.2, -0.15) is 0 Å². The number of fused-ring (bicyclic) bond motifs is 1. The number of aromatic nitrogens is 2. The Morgan fingerprint density at radius 1 is 1.20 bits per heavy atom. The van der Waals surface area contributed by atoms with Crippen molar-refractivity contribution in [2.24, 2.45) is 0 Å². The molecule has 0 bridgehead atoms. The average Bonchev–Trinajstić information content (AvgIpc) is 2.63. The number of nitrogens with zero attached hydrogens (tertiary/aromatic N) is 2. The third-order valence-corrected chi connectivity index (χ3v) is 3.71. The molecule has 0 unspecified atom stereocenters. The van der Waals surface area contributed by atoms with Gasteiger partial charge in [-0.05, 0) is 37.1 Å². The van der Waals surface area contributed by atoms with Crippen molar-refractivity contribution in [1.29, 1.82) is 0 Å². The van der Waals surface area contributed by atoms with Crippen LogP contribution < -0.4 is 15.6 Å². The summed E-state index contributed by atoms with van der Waals surface area (Å²) >= 11 is 0. The Bertz CT molecular complexity index is 936. The number of hydrogen-bond donors (Lipinski definition) is 1. The minimum atomic E-state index is -0.423. The molecule has 0 radical (unpaired) electrons. The molecule has 1 N–H and O–H groups in total. The van der Waals surface area contributed by atoms with Gasteiger partial charge >= 0.3 is 0 Å². The molecule has 2 aromatic heterocycles. The van der Waals surface area contributed by atoms with Gasteiger partial charge in [-0.15, -0.1) is 0 Å². The van der Waals surface area contributed by atoms with E-state index in [-0.39, 0.29) is 11.1 Å². The number of pyridine rings is 1. The van der Waals surface area contributed by atoms with E-state index < -0.39 is 5.91 Å². The van der Waals surface area contributed by atoms with Crippen molar-refractivity contribution in [3.05, 3.63) is 76.3 Å². The zero-order valence-corrected chi connectivity index (χ0v) is 13.9. The van der Waals surface area contributed by atoms with Gasteiger partial charge in [0.2, 0.25) is 0 Å². The van der Waals surface area contributed by atoms with Crippen molar-refractivity contribution in [3.63, 3.8) is 0 Å². The Balaban J connectivity index is 1.57. The smallest absolute Gasteiger partial charge is 0.270 e. The quantitative estimate of drug-likeness (QED) is 0.700. The molecule has 0 saturated carbocycles. The Hall–Kier alpha value is -3.15. The molecule has 6 nitrogen and oxygen atoms in total. The second kappa shape index (κ2) is 7.61. The minimum absolute atomic E-state index is 0.0343. The van der Waals surface area contributed by atoms with Gasteiger partial charge in [-0.3, -0.25) is 14.0 Å². The van der Waals surface area contributed by atoms with Gasteiger partial charge in [-0.1, -0.05) is 24.3 Å². The van der Waals surface area contributed by atoms with Crippen molar-refractivity contribution in [3.8, 4) is 5.75 Å². The zero-order chi connectivity index (χ0) is 17.6. The molecule has 2 heterocycles. The minimum Gasteiger partial charge on any atom is -0.494 e. The molecule has 1 amide bonds. The third-order valence-electron chi connectivity index (χ3n) is 3.71. The maximum absolute atomic E-state index is 12.4. The number of amides is 1. The molecule has 25 heavy (non-hydrogen) atoms. The van der Waals surface area contributed by atoms with Gasteiger partial charge in [0.15, 0.2) is 0 Å². The van der Waals surface area contributed by atoms with Crippen molar-refractivity contribution >= 4 is 11.6 Å². The number of aryl methyl sites for hydroxylation is 1. The molecule has 0 saturated heterocycles. The Morgan fingerprint density at radius 3 is 2.80 bits per heavy atom. The Kier molecular flexibility index (Phi) is 5.09. The first kappa shape index (κ1) is 16.7. The highest BCUT2D eigenvalue weighted by Gasteiger charge is 2.12. The lowest BCUT2D eigenvalue weighted by atomic mass is 10.2. The molecular formula is C19H19N3O3. The van der Waals surface area contributed by atoms with E-state index in [1.807, 2.05) is 43.3 Å². The van der Waals surface area contributed by atoms with Crippen LogP contribution in [0.1, 0.15) is 22.3 Å². The fourth-order valence-electron chi connectivity index (χ4n) is 2.41. The topological polar surface area (TPSA) is 72.7 Å². The van der Waals surface area contributed by atoms with E-state index >= 15 is 0 Å². The highest BCUT2D eigenvalue weighted by atomic mass is 16.5. The molecule has 1 aromatic carbocycles. The summed E-state index contributed by atoms with van der Waals surface area (Å²) in [6.07, 6.45) is 3.64. The summed E-state index contributed by atoms with van der Waals surface area (Å²) < 4.78 is 6.95. The fraction of sp³-hybridized carbons (Fsp3) is 0.211. The Morgan fingerprint density at radius 2 is 2.00 bits per heavy atom. The normalized spacial score (nSPS) is 10.6. The molecule has 3 aromatic rings. The van der Waals surface area contributed by atoms with Gasteiger partial charge in [0.1, 0.15) is 17.0 Å². The van der Waals surface area contributed by atoms with Crippen LogP contribution in [-0.2, 0) is 0 Å². The monoisotopic (exact) mass is 337 g/mol. The second-order valence-electron chi connectivity index (χ2n) is 5.68. The molecule has 0 spiro atoms. The first-order valence-electron chi connectivity index (χ1n) is 8.09. The van der Waals surface area contributed by atoms with E-state index in [1.54, 1.807) is 12.3 Å². The predicted molar refractivity (Wildman–Crippen MR) is 95.1 cm³/mol. The van der Waals surface area contributed by atoms with Crippen LogP contribution >= 0.6 is 0 Å². The highest BCUT2D eigenvalue weighted by Crippen LogP contribution is 2.08. The Labute approximate surface area is 145 Å². The van der Waals surface area contributed by atoms with Crippen LogP contribution in [-0.4, -0.2) is 28.4 Å². The van der Waals surface area contributed by atoms with Crippen molar-refractivity contribution in [2.75, 3.05) is 13.2 Å². The van der Waals surface area contributed by atoms with Crippen LogP contribution in [0.5, 0.6) is 5.75 Å². The molecule has 0 fully saturated rings. The van der Waals surface area contributed by atoms with E-state index in [4.69, 9.17) is 4.74 Å². The van der Waals surface area contributed by atoms with E-state index in [0.717, 1.165) is 11.3 Å². The first-order valence-corrected chi connectivity index (χ1v) is 8.09. The number of rotatable bonds is 6. The van der Waals surface area contributed by atoms with Crippen LogP contribution in [0.15, 0.2) is 59.7 Å². The molecule has 3 rings (SSSR count). The fourth-order valence-corrected chi connectivity index (χ4v) is 2.41. The lowest BCUT2D eigenvalue weighted by Crippen LogP contribution is -2.32. The highest BCUT2D eigenvalue weighted by molar-refractivity contribution is 5.93. The average molecular weight is 337 g/mol. The second-order valence-corrected chi connectivity index (χ2v) is 5.68. The van der Waals surface area contributed by atoms with Gasteiger partial charge < -0.3 is 10.1 Å². The number of carbonyl (C=O) groups is 1. The maximum atomic E-state index is 12.4. The van der Waals surface area contributed by atoms with Crippen molar-refractivity contribution < 1.29 is 9.53 Å². The maximum Gasteiger partial charge on any atom is 0.270 e. The van der Waals surface area contributed by atoms with Gasteiger partial charge in [-0.25, -0.2) is 4.98 Å². The molecule has 0 aliphatic heterocycles. The van der Waals surface area contributed by atoms with Crippen LogP contribution in [0.4, 0.5) is 0 Å². The van der Waals surface area contributed by atoms with Crippen molar-refractivity contribution in [2.45, 2.75) is 13.3 Å². The summed E-state index contributed by atoms with van der Waals surface area (Å²) in [5.74, 6) is 0.370. The summed E-state index contributed by atoms with van der Waals surface area (Å²) in [7, 11) is 0.